The summed E-state index contributed by atoms with van der Waals surface area (Å²) in [4.78, 5) is 22.7. The number of carboxylic acids is 1. The maximum Gasteiger partial charge on any atom is 0.305 e. The summed E-state index contributed by atoms with van der Waals surface area (Å²) in [5.41, 5.74) is 0.751. The Bertz CT molecular complexity index is 445. The van der Waals surface area contributed by atoms with Crippen LogP contribution in [0.5, 0.6) is 0 Å². The third-order valence-electron chi connectivity index (χ3n) is 2.99. The van der Waals surface area contributed by atoms with E-state index in [1.807, 2.05) is 0 Å². The zero-order valence-electron chi connectivity index (χ0n) is 11.6. The Balaban J connectivity index is 2.67. The number of hydrogen-bond donors (Lipinski definition) is 2. The lowest BCUT2D eigenvalue weighted by Gasteiger charge is -2.17. The molecule has 0 saturated carbocycles. The molecule has 110 valence electrons. The van der Waals surface area contributed by atoms with Gasteiger partial charge < -0.3 is 10.4 Å². The van der Waals surface area contributed by atoms with Gasteiger partial charge in [-0.1, -0.05) is 43.5 Å². The summed E-state index contributed by atoms with van der Waals surface area (Å²) in [6, 6.07) is 6.34. The van der Waals surface area contributed by atoms with Crippen molar-refractivity contribution in [3.05, 3.63) is 34.9 Å². The summed E-state index contributed by atoms with van der Waals surface area (Å²) < 4.78 is 0. The Hall–Kier alpha value is -1.55. The number of unbranched alkanes of at least 4 members (excludes halogenated alkanes) is 2. The first kappa shape index (κ1) is 16.5. The fourth-order valence-corrected chi connectivity index (χ4v) is 2.05. The van der Waals surface area contributed by atoms with Gasteiger partial charge in [0.05, 0.1) is 12.5 Å². The van der Waals surface area contributed by atoms with Crippen molar-refractivity contribution in [2.75, 3.05) is 0 Å². The van der Waals surface area contributed by atoms with E-state index >= 15 is 0 Å². The number of carbonyl (C=O) groups is 2. The Labute approximate surface area is 124 Å². The summed E-state index contributed by atoms with van der Waals surface area (Å²) in [5.74, 6) is -1.06. The summed E-state index contributed by atoms with van der Waals surface area (Å²) in [7, 11) is 0. The van der Waals surface area contributed by atoms with E-state index in [0.29, 0.717) is 11.4 Å². The monoisotopic (exact) mass is 297 g/mol. The van der Waals surface area contributed by atoms with Crippen LogP contribution >= 0.6 is 11.6 Å². The van der Waals surface area contributed by atoms with E-state index in [1.165, 1.54) is 0 Å². The second-order valence-corrected chi connectivity index (χ2v) is 5.16. The number of carbonyl (C=O) groups excluding carboxylic acids is 1. The maximum absolute atomic E-state index is 11.8. The van der Waals surface area contributed by atoms with Gasteiger partial charge in [-0.3, -0.25) is 9.59 Å². The topological polar surface area (TPSA) is 66.4 Å². The molecular weight excluding hydrogens is 278 g/mol. The lowest BCUT2D eigenvalue weighted by molar-refractivity contribution is -0.137. The van der Waals surface area contributed by atoms with Crippen molar-refractivity contribution < 1.29 is 14.7 Å². The summed E-state index contributed by atoms with van der Waals surface area (Å²) in [5, 5.41) is 12.3. The number of carboxylic acid groups (broad SMARTS) is 1. The van der Waals surface area contributed by atoms with Gasteiger partial charge >= 0.3 is 5.97 Å². The van der Waals surface area contributed by atoms with Gasteiger partial charge in [-0.15, -0.1) is 0 Å². The molecule has 0 aliphatic heterocycles. The van der Waals surface area contributed by atoms with Crippen LogP contribution in [0.3, 0.4) is 0 Å². The quantitative estimate of drug-likeness (QED) is 0.721. The fraction of sp³-hybridized carbons (Fsp3) is 0.467. The highest BCUT2D eigenvalue weighted by Crippen LogP contribution is 2.20. The highest BCUT2D eigenvalue weighted by molar-refractivity contribution is 6.30. The summed E-state index contributed by atoms with van der Waals surface area (Å²) in [6.45, 7) is 2.07. The predicted molar refractivity (Wildman–Crippen MR) is 78.7 cm³/mol. The van der Waals surface area contributed by atoms with Crippen LogP contribution in [0.4, 0.5) is 0 Å². The lowest BCUT2D eigenvalue weighted by atomic mass is 10.0. The van der Waals surface area contributed by atoms with E-state index < -0.39 is 12.0 Å². The van der Waals surface area contributed by atoms with E-state index in [4.69, 9.17) is 16.7 Å². The SMILES string of the molecule is CCCCCC(=O)N[C@@H](CC(=O)O)c1ccc(Cl)cc1. The van der Waals surface area contributed by atoms with Crippen LogP contribution in [-0.2, 0) is 9.59 Å². The van der Waals surface area contributed by atoms with Crippen molar-refractivity contribution in [3.8, 4) is 0 Å². The molecule has 0 spiro atoms. The molecule has 1 atom stereocenters. The van der Waals surface area contributed by atoms with Crippen molar-refractivity contribution in [2.45, 2.75) is 45.1 Å². The van der Waals surface area contributed by atoms with Gasteiger partial charge in [0.15, 0.2) is 0 Å². The number of nitrogens with one attached hydrogen (secondary N) is 1. The van der Waals surface area contributed by atoms with Crippen LogP contribution in [0.1, 0.15) is 50.6 Å². The largest absolute Gasteiger partial charge is 0.481 e. The third kappa shape index (κ3) is 6.06. The molecule has 1 amide bonds. The Morgan fingerprint density at radius 2 is 1.90 bits per heavy atom. The fourth-order valence-electron chi connectivity index (χ4n) is 1.92. The number of rotatable bonds is 8. The standard InChI is InChI=1S/C15H20ClNO3/c1-2-3-4-5-14(18)17-13(10-15(19)20)11-6-8-12(16)9-7-11/h6-9,13H,2-5,10H2,1H3,(H,17,18)(H,19,20)/t13-/m0/s1. The lowest BCUT2D eigenvalue weighted by Crippen LogP contribution is -2.29. The molecule has 1 aromatic rings. The Morgan fingerprint density at radius 1 is 1.25 bits per heavy atom. The first-order valence-corrected chi connectivity index (χ1v) is 7.17. The van der Waals surface area contributed by atoms with Crippen LogP contribution in [-0.4, -0.2) is 17.0 Å². The summed E-state index contributed by atoms with van der Waals surface area (Å²) in [6.07, 6.45) is 3.16. The molecule has 1 aromatic carbocycles. The average Bonchev–Trinajstić information content (AvgIpc) is 2.38. The number of benzene rings is 1. The van der Waals surface area contributed by atoms with E-state index in [0.717, 1.165) is 24.8 Å². The Kier molecular flexibility index (Phi) is 7.09. The molecule has 5 heteroatoms. The van der Waals surface area contributed by atoms with Crippen LogP contribution in [0.15, 0.2) is 24.3 Å². The number of halogens is 1. The smallest absolute Gasteiger partial charge is 0.305 e. The van der Waals surface area contributed by atoms with Gasteiger partial charge in [0, 0.05) is 11.4 Å². The van der Waals surface area contributed by atoms with Gasteiger partial charge in [0.1, 0.15) is 0 Å². The van der Waals surface area contributed by atoms with E-state index in [1.54, 1.807) is 24.3 Å². The normalized spacial score (nSPS) is 11.9. The molecule has 4 nitrogen and oxygen atoms in total. The van der Waals surface area contributed by atoms with Gasteiger partial charge in [0.25, 0.3) is 0 Å². The molecule has 0 unspecified atom stereocenters. The third-order valence-corrected chi connectivity index (χ3v) is 3.25. The molecule has 0 fully saturated rings. The van der Waals surface area contributed by atoms with Crippen LogP contribution < -0.4 is 5.32 Å². The molecule has 0 heterocycles. The predicted octanol–water partition coefficient (Wildman–Crippen LogP) is 3.55. The van der Waals surface area contributed by atoms with Crippen molar-refractivity contribution in [2.24, 2.45) is 0 Å². The minimum Gasteiger partial charge on any atom is -0.481 e. The zero-order chi connectivity index (χ0) is 15.0. The molecule has 1 rings (SSSR count). The van der Waals surface area contributed by atoms with Crippen LogP contribution in [0.25, 0.3) is 0 Å². The van der Waals surface area contributed by atoms with Crippen LogP contribution in [0.2, 0.25) is 5.02 Å². The first-order chi connectivity index (χ1) is 9.52. The van der Waals surface area contributed by atoms with Crippen LogP contribution in [0, 0.1) is 0 Å². The summed E-state index contributed by atoms with van der Waals surface area (Å²) >= 11 is 5.81. The molecule has 2 N–H and O–H groups in total. The van der Waals surface area contributed by atoms with E-state index in [-0.39, 0.29) is 12.3 Å². The molecule has 0 aromatic heterocycles. The zero-order valence-corrected chi connectivity index (χ0v) is 12.3. The van der Waals surface area contributed by atoms with Crippen molar-refractivity contribution in [3.63, 3.8) is 0 Å². The van der Waals surface area contributed by atoms with Gasteiger partial charge in [-0.25, -0.2) is 0 Å². The molecule has 20 heavy (non-hydrogen) atoms. The first-order valence-electron chi connectivity index (χ1n) is 6.79. The van der Waals surface area contributed by atoms with Crippen molar-refractivity contribution in [1.29, 1.82) is 0 Å². The van der Waals surface area contributed by atoms with Crippen molar-refractivity contribution in [1.82, 2.24) is 5.32 Å². The minimum atomic E-state index is -0.946. The molecule has 0 saturated heterocycles. The van der Waals surface area contributed by atoms with Gasteiger partial charge in [-0.2, -0.15) is 0 Å². The second kappa shape index (κ2) is 8.59. The minimum absolute atomic E-state index is 0.111. The molecule has 0 radical (unpaired) electrons. The van der Waals surface area contributed by atoms with E-state index in [9.17, 15) is 9.59 Å². The number of aliphatic carboxylic acids is 1. The molecule has 0 aliphatic rings. The Morgan fingerprint density at radius 3 is 2.45 bits per heavy atom. The highest BCUT2D eigenvalue weighted by atomic mass is 35.5. The van der Waals surface area contributed by atoms with Gasteiger partial charge in [0.2, 0.25) is 5.91 Å². The molecular formula is C15H20ClNO3. The number of hydrogen-bond acceptors (Lipinski definition) is 2. The molecule has 0 aliphatic carbocycles. The average molecular weight is 298 g/mol. The molecule has 0 bridgehead atoms. The number of amides is 1. The van der Waals surface area contributed by atoms with E-state index in [2.05, 4.69) is 12.2 Å². The van der Waals surface area contributed by atoms with Gasteiger partial charge in [-0.05, 0) is 24.1 Å². The maximum atomic E-state index is 11.8. The second-order valence-electron chi connectivity index (χ2n) is 4.73. The highest BCUT2D eigenvalue weighted by Gasteiger charge is 2.17. The van der Waals surface area contributed by atoms with Crippen molar-refractivity contribution >= 4 is 23.5 Å².